The van der Waals surface area contributed by atoms with Crippen LogP contribution in [0, 0.1) is 46.3 Å². The summed E-state index contributed by atoms with van der Waals surface area (Å²) in [7, 11) is 0. The minimum Gasteiger partial charge on any atom is -0.412 e. The summed E-state index contributed by atoms with van der Waals surface area (Å²) in [6.07, 6.45) is 42.6. The summed E-state index contributed by atoms with van der Waals surface area (Å²) >= 11 is 0. The Kier molecular flexibility index (Phi) is 29.1. The van der Waals surface area contributed by atoms with Gasteiger partial charge in [0.1, 0.15) is 0 Å². The third-order valence-corrected chi connectivity index (χ3v) is 16.2. The molecule has 0 bridgehead atoms. The summed E-state index contributed by atoms with van der Waals surface area (Å²) in [5.41, 5.74) is 2.66. The maximum atomic E-state index is 6.44. The largest absolute Gasteiger partial charge is 0.412 e. The van der Waals surface area contributed by atoms with Crippen LogP contribution in [0.5, 0.6) is 0 Å². The van der Waals surface area contributed by atoms with E-state index in [1.807, 2.05) is 0 Å². The molecule has 0 spiro atoms. The summed E-state index contributed by atoms with van der Waals surface area (Å²) in [5, 5.41) is 3.42. The average molecular weight is 886 g/mol. The van der Waals surface area contributed by atoms with Gasteiger partial charge in [-0.2, -0.15) is 0 Å². The predicted molar refractivity (Wildman–Crippen MR) is 266 cm³/mol. The minimum absolute atomic E-state index is 0. The molecule has 0 aromatic rings. The lowest BCUT2D eigenvalue weighted by Crippen LogP contribution is -2.51. The van der Waals surface area contributed by atoms with Crippen molar-refractivity contribution in [2.75, 3.05) is 65.9 Å². The summed E-state index contributed by atoms with van der Waals surface area (Å²) in [6.45, 7) is 23.9. The van der Waals surface area contributed by atoms with E-state index in [0.717, 1.165) is 74.5 Å². The molecule has 0 aromatic carbocycles. The molecule has 1 unspecified atom stereocenters. The van der Waals surface area contributed by atoms with Gasteiger partial charge >= 0.3 is 0 Å². The van der Waals surface area contributed by atoms with Crippen molar-refractivity contribution in [2.45, 2.75) is 208 Å². The van der Waals surface area contributed by atoms with Gasteiger partial charge in [0.15, 0.2) is 0 Å². The molecule has 4 rings (SSSR count). The standard InChI is InChI=1S/C56H101NO5.H2O/c1-8-10-11-12-13-14-15-16-17-18-19-20-21-22-23-24-36-60-45-50(44-57-9-2)62-42-40-59-38-37-58-39-41-61-49-32-34-55(6)48(43-49)28-29-51-53-31-30-52(47(5)27-25-26-46(3)4)56(53,7)35-33-54(51)55;/h13-14,16-17,28,46-47,49-54,57H,8-12,15,18-27,29-45H2,1-7H3;1H2/b14-13-,17-16-;/t47-,49+,50?,51+,52-,53+,54+,55+,56-;/m1./s1. The maximum Gasteiger partial charge on any atom is 0.0933 e. The van der Waals surface area contributed by atoms with E-state index in [-0.39, 0.29) is 11.6 Å². The second-order valence-electron chi connectivity index (χ2n) is 21.2. The van der Waals surface area contributed by atoms with Gasteiger partial charge in [-0.25, -0.2) is 0 Å². The molecule has 7 heteroatoms. The lowest BCUT2D eigenvalue weighted by Gasteiger charge is -2.58. The quantitative estimate of drug-likeness (QED) is 0.0498. The van der Waals surface area contributed by atoms with E-state index in [9.17, 15) is 0 Å². The molecule has 7 nitrogen and oxygen atoms in total. The van der Waals surface area contributed by atoms with Crippen molar-refractivity contribution in [2.24, 2.45) is 46.3 Å². The van der Waals surface area contributed by atoms with E-state index in [2.05, 4.69) is 84.2 Å². The summed E-state index contributed by atoms with van der Waals surface area (Å²) in [4.78, 5) is 0. The van der Waals surface area contributed by atoms with Crippen LogP contribution < -0.4 is 5.32 Å². The average Bonchev–Trinajstić information content (AvgIpc) is 3.62. The Labute approximate surface area is 389 Å². The van der Waals surface area contributed by atoms with Crippen LogP contribution in [0.3, 0.4) is 0 Å². The molecule has 3 N–H and O–H groups in total. The topological polar surface area (TPSA) is 89.7 Å². The second-order valence-corrected chi connectivity index (χ2v) is 21.2. The zero-order chi connectivity index (χ0) is 44.3. The molecule has 0 aliphatic heterocycles. The summed E-state index contributed by atoms with van der Waals surface area (Å²) < 4.78 is 30.4. The molecule has 63 heavy (non-hydrogen) atoms. The molecule has 0 aromatic heterocycles. The van der Waals surface area contributed by atoms with Crippen LogP contribution in [0.1, 0.15) is 196 Å². The van der Waals surface area contributed by atoms with Crippen LogP contribution in [0.25, 0.3) is 0 Å². The van der Waals surface area contributed by atoms with Crippen LogP contribution >= 0.6 is 0 Å². The van der Waals surface area contributed by atoms with Gasteiger partial charge in [0, 0.05) is 13.2 Å². The Balaban J connectivity index is 0.0000106. The van der Waals surface area contributed by atoms with Crippen LogP contribution in [-0.2, 0) is 23.7 Å². The lowest BCUT2D eigenvalue weighted by atomic mass is 9.47. The number of ether oxygens (including phenoxy) is 5. The Hall–Kier alpha value is -1.06. The number of unbranched alkanes of at least 4 members (excludes halogenated alkanes) is 9. The van der Waals surface area contributed by atoms with Gasteiger partial charge in [-0.15, -0.1) is 0 Å². The molecule has 0 saturated heterocycles. The van der Waals surface area contributed by atoms with E-state index >= 15 is 0 Å². The molecular formula is C56H103NO6. The first-order valence-corrected chi connectivity index (χ1v) is 26.9. The van der Waals surface area contributed by atoms with Crippen molar-refractivity contribution in [3.63, 3.8) is 0 Å². The molecule has 3 saturated carbocycles. The number of fused-ring (bicyclic) bond motifs is 5. The van der Waals surface area contributed by atoms with E-state index < -0.39 is 0 Å². The number of likely N-dealkylation sites (N-methyl/N-ethyl adjacent to an activating group) is 1. The first-order valence-electron chi connectivity index (χ1n) is 26.9. The normalized spacial score (nSPS) is 27.9. The van der Waals surface area contributed by atoms with Gasteiger partial charge in [-0.05, 0) is 143 Å². The SMILES string of the molecule is CCCCC/C=C\C/C=C\CCCCCCCCOCC(CNCC)OCCOCCOCCO[C@H]1CC[C@@]2(C)C(=CC[C@H]3[C@@H]4CC[C@H]([C@H](C)CCCC(C)C)[C@@]4(C)CC[C@@H]32)C1.O. The Bertz CT molecular complexity index is 1240. The van der Waals surface area contributed by atoms with Gasteiger partial charge < -0.3 is 34.5 Å². The van der Waals surface area contributed by atoms with Gasteiger partial charge in [-0.1, -0.05) is 142 Å². The molecule has 9 atom stereocenters. The fourth-order valence-electron chi connectivity index (χ4n) is 12.5. The van der Waals surface area contributed by atoms with E-state index in [4.69, 9.17) is 23.7 Å². The molecule has 0 heterocycles. The van der Waals surface area contributed by atoms with E-state index in [1.165, 1.54) is 128 Å². The first kappa shape index (κ1) is 56.3. The van der Waals surface area contributed by atoms with Gasteiger partial charge in [0.25, 0.3) is 0 Å². The fourth-order valence-corrected chi connectivity index (χ4v) is 12.5. The van der Waals surface area contributed by atoms with Crippen LogP contribution in [0.4, 0.5) is 0 Å². The first-order chi connectivity index (χ1) is 30.2. The van der Waals surface area contributed by atoms with Crippen molar-refractivity contribution in [3.8, 4) is 0 Å². The maximum absolute atomic E-state index is 6.44. The van der Waals surface area contributed by atoms with Crippen molar-refractivity contribution >= 4 is 0 Å². The fraction of sp³-hybridized carbons (Fsp3) is 0.893. The number of allylic oxidation sites excluding steroid dienone is 5. The molecule has 3 fully saturated rings. The molecule has 368 valence electrons. The molecule has 4 aliphatic rings. The van der Waals surface area contributed by atoms with Gasteiger partial charge in [-0.3, -0.25) is 0 Å². The van der Waals surface area contributed by atoms with E-state index in [1.54, 1.807) is 5.57 Å². The van der Waals surface area contributed by atoms with Crippen LogP contribution in [0.2, 0.25) is 0 Å². The lowest BCUT2D eigenvalue weighted by molar-refractivity contribution is -0.0699. The number of hydrogen-bond donors (Lipinski definition) is 1. The third kappa shape index (κ3) is 19.6. The second kappa shape index (κ2) is 32.6. The van der Waals surface area contributed by atoms with Crippen molar-refractivity contribution in [3.05, 3.63) is 36.0 Å². The van der Waals surface area contributed by atoms with Crippen LogP contribution in [0.15, 0.2) is 36.0 Å². The predicted octanol–water partition coefficient (Wildman–Crippen LogP) is 13.4. The zero-order valence-electron chi connectivity index (χ0n) is 42.4. The Morgan fingerprint density at radius 3 is 2.13 bits per heavy atom. The summed E-state index contributed by atoms with van der Waals surface area (Å²) in [6, 6.07) is 0. The van der Waals surface area contributed by atoms with Gasteiger partial charge in [0.05, 0.1) is 58.5 Å². The van der Waals surface area contributed by atoms with Crippen LogP contribution in [-0.4, -0.2) is 83.6 Å². The van der Waals surface area contributed by atoms with Gasteiger partial charge in [0.2, 0.25) is 0 Å². The third-order valence-electron chi connectivity index (χ3n) is 16.2. The highest BCUT2D eigenvalue weighted by atomic mass is 16.6. The van der Waals surface area contributed by atoms with Crippen molar-refractivity contribution < 1.29 is 29.2 Å². The Morgan fingerprint density at radius 2 is 1.40 bits per heavy atom. The number of rotatable bonds is 36. The highest BCUT2D eigenvalue weighted by Crippen LogP contribution is 2.67. The number of hydrogen-bond acceptors (Lipinski definition) is 6. The number of nitrogens with one attached hydrogen (secondary N) is 1. The molecule has 0 radical (unpaired) electrons. The zero-order valence-corrected chi connectivity index (χ0v) is 42.4. The molecular weight excluding hydrogens is 783 g/mol. The highest BCUT2D eigenvalue weighted by molar-refractivity contribution is 5.25. The van der Waals surface area contributed by atoms with Crippen molar-refractivity contribution in [1.29, 1.82) is 0 Å². The monoisotopic (exact) mass is 886 g/mol. The smallest absolute Gasteiger partial charge is 0.0933 e. The summed E-state index contributed by atoms with van der Waals surface area (Å²) in [5.74, 6) is 5.34. The minimum atomic E-state index is 0. The van der Waals surface area contributed by atoms with E-state index in [0.29, 0.717) is 63.2 Å². The molecule has 4 aliphatic carbocycles. The van der Waals surface area contributed by atoms with Crippen molar-refractivity contribution in [1.82, 2.24) is 5.32 Å². The Morgan fingerprint density at radius 1 is 0.698 bits per heavy atom. The molecule has 0 amide bonds. The highest BCUT2D eigenvalue weighted by Gasteiger charge is 2.59.